The van der Waals surface area contributed by atoms with Gasteiger partial charge in [0, 0.05) is 18.5 Å². The molecule has 0 spiro atoms. The van der Waals surface area contributed by atoms with E-state index in [0.717, 1.165) is 19.3 Å². The summed E-state index contributed by atoms with van der Waals surface area (Å²) in [6.07, 6.45) is 7.56. The maximum absolute atomic E-state index is 12.4. The number of benzene rings is 1. The van der Waals surface area contributed by atoms with Crippen LogP contribution in [0.15, 0.2) is 29.8 Å². The maximum Gasteiger partial charge on any atom is 0.251 e. The van der Waals surface area contributed by atoms with Crippen LogP contribution in [0, 0.1) is 0 Å². The lowest BCUT2D eigenvalue weighted by Crippen LogP contribution is -2.30. The first-order chi connectivity index (χ1) is 12.4. The summed E-state index contributed by atoms with van der Waals surface area (Å²) in [5.74, 6) is -1.09. The molecule has 8 heteroatoms. The van der Waals surface area contributed by atoms with E-state index < -0.39 is 15.9 Å². The van der Waals surface area contributed by atoms with Crippen LogP contribution < -0.4 is 9.62 Å². The van der Waals surface area contributed by atoms with Crippen LogP contribution in [0.4, 0.5) is 5.69 Å². The average molecular weight is 397 g/mol. The predicted molar refractivity (Wildman–Crippen MR) is 101 cm³/mol. The predicted octanol–water partition coefficient (Wildman–Crippen LogP) is 3.03. The number of nitrogens with one attached hydrogen (secondary N) is 1. The van der Waals surface area contributed by atoms with Gasteiger partial charge in [0.05, 0.1) is 16.5 Å². The molecule has 26 heavy (non-hydrogen) atoms. The van der Waals surface area contributed by atoms with Crippen molar-refractivity contribution in [2.24, 2.45) is 0 Å². The number of carbonyl (C=O) groups excluding carboxylic acids is 2. The molecule has 1 aliphatic heterocycles. The molecule has 1 saturated heterocycles. The first kappa shape index (κ1) is 18.9. The average Bonchev–Trinajstić information content (AvgIpc) is 2.89. The molecule has 140 valence electrons. The topological polar surface area (TPSA) is 83.6 Å². The zero-order chi connectivity index (χ0) is 18.7. The van der Waals surface area contributed by atoms with Crippen molar-refractivity contribution in [2.75, 3.05) is 16.6 Å². The minimum Gasteiger partial charge on any atom is -0.352 e. The van der Waals surface area contributed by atoms with Crippen LogP contribution in [0.3, 0.4) is 0 Å². The highest BCUT2D eigenvalue weighted by molar-refractivity contribution is 7.94. The van der Waals surface area contributed by atoms with Gasteiger partial charge in [-0.15, -0.1) is 0 Å². The van der Waals surface area contributed by atoms with Crippen LogP contribution in [-0.4, -0.2) is 32.5 Å². The molecule has 1 aromatic carbocycles. The molecule has 0 unspecified atom stereocenters. The van der Waals surface area contributed by atoms with E-state index in [-0.39, 0.29) is 34.4 Å². The Kier molecular flexibility index (Phi) is 5.67. The molecule has 0 radical (unpaired) electrons. The van der Waals surface area contributed by atoms with E-state index >= 15 is 0 Å². The van der Waals surface area contributed by atoms with Gasteiger partial charge < -0.3 is 5.32 Å². The number of halogens is 1. The SMILES string of the molecule is O=C(NCCC1=CCCCC1)c1ccc(Cl)c(N2C(=O)CCS2(=O)=O)c1. The summed E-state index contributed by atoms with van der Waals surface area (Å²) in [6.45, 7) is 0.517. The van der Waals surface area contributed by atoms with Crippen molar-refractivity contribution in [3.8, 4) is 0 Å². The van der Waals surface area contributed by atoms with Gasteiger partial charge in [-0.3, -0.25) is 9.59 Å². The Morgan fingerprint density at radius 2 is 2.04 bits per heavy atom. The molecule has 0 aromatic heterocycles. The summed E-state index contributed by atoms with van der Waals surface area (Å²) in [5.41, 5.74) is 1.68. The van der Waals surface area contributed by atoms with Gasteiger partial charge in [-0.05, 0) is 50.3 Å². The number of hydrogen-bond donors (Lipinski definition) is 1. The molecule has 3 rings (SSSR count). The van der Waals surface area contributed by atoms with E-state index in [0.29, 0.717) is 10.8 Å². The number of sulfonamides is 1. The molecule has 1 fully saturated rings. The number of amides is 2. The normalized spacial score (nSPS) is 19.3. The number of nitrogens with zero attached hydrogens (tertiary/aromatic N) is 1. The zero-order valence-electron chi connectivity index (χ0n) is 14.3. The Hall–Kier alpha value is -1.86. The first-order valence-corrected chi connectivity index (χ1v) is 10.7. The second kappa shape index (κ2) is 7.80. The minimum atomic E-state index is -3.73. The second-order valence-electron chi connectivity index (χ2n) is 6.50. The zero-order valence-corrected chi connectivity index (χ0v) is 15.9. The first-order valence-electron chi connectivity index (χ1n) is 8.70. The van der Waals surface area contributed by atoms with Crippen LogP contribution in [0.2, 0.25) is 5.02 Å². The Balaban J connectivity index is 1.71. The van der Waals surface area contributed by atoms with Crippen LogP contribution in [0.5, 0.6) is 0 Å². The van der Waals surface area contributed by atoms with Crippen molar-refractivity contribution >= 4 is 39.1 Å². The van der Waals surface area contributed by atoms with Gasteiger partial charge in [0.15, 0.2) is 0 Å². The number of allylic oxidation sites excluding steroid dienone is 1. The molecule has 0 atom stereocenters. The monoisotopic (exact) mass is 396 g/mol. The van der Waals surface area contributed by atoms with Crippen molar-refractivity contribution in [1.82, 2.24) is 5.32 Å². The number of hydrogen-bond acceptors (Lipinski definition) is 4. The Morgan fingerprint density at radius 1 is 1.23 bits per heavy atom. The molecule has 1 heterocycles. The molecule has 0 saturated carbocycles. The smallest absolute Gasteiger partial charge is 0.251 e. The third-order valence-electron chi connectivity index (χ3n) is 4.62. The standard InChI is InChI=1S/C18H21ClN2O4S/c19-15-7-6-14(12-16(15)21-17(22)9-11-26(21,24)25)18(23)20-10-8-13-4-2-1-3-5-13/h4,6-7,12H,1-3,5,8-11H2,(H,20,23). The largest absolute Gasteiger partial charge is 0.352 e. The molecule has 1 aliphatic carbocycles. The fourth-order valence-corrected chi connectivity index (χ4v) is 4.95. The van der Waals surface area contributed by atoms with E-state index in [4.69, 9.17) is 11.6 Å². The number of anilines is 1. The molecule has 2 aliphatic rings. The van der Waals surface area contributed by atoms with Gasteiger partial charge in [0.25, 0.3) is 5.91 Å². The van der Waals surface area contributed by atoms with Crippen molar-refractivity contribution in [3.05, 3.63) is 40.4 Å². The van der Waals surface area contributed by atoms with Gasteiger partial charge in [0.1, 0.15) is 0 Å². The lowest BCUT2D eigenvalue weighted by atomic mass is 9.97. The third-order valence-corrected chi connectivity index (χ3v) is 6.62. The fraction of sp³-hybridized carbons (Fsp3) is 0.444. The van der Waals surface area contributed by atoms with Gasteiger partial charge in [-0.25, -0.2) is 12.7 Å². The quantitative estimate of drug-likeness (QED) is 0.775. The van der Waals surface area contributed by atoms with Gasteiger partial charge >= 0.3 is 0 Å². The van der Waals surface area contributed by atoms with Crippen LogP contribution in [0.25, 0.3) is 0 Å². The Labute approximate surface area is 158 Å². The molecular weight excluding hydrogens is 376 g/mol. The van der Waals surface area contributed by atoms with E-state index in [9.17, 15) is 18.0 Å². The van der Waals surface area contributed by atoms with Crippen LogP contribution in [0.1, 0.15) is 48.9 Å². The molecule has 6 nitrogen and oxygen atoms in total. The highest BCUT2D eigenvalue weighted by atomic mass is 35.5. The fourth-order valence-electron chi connectivity index (χ4n) is 3.23. The van der Waals surface area contributed by atoms with Gasteiger partial charge in [-0.1, -0.05) is 23.3 Å². The van der Waals surface area contributed by atoms with Crippen LogP contribution >= 0.6 is 11.6 Å². The summed E-state index contributed by atoms with van der Waals surface area (Å²) in [6, 6.07) is 4.32. The molecule has 1 aromatic rings. The van der Waals surface area contributed by atoms with Crippen LogP contribution in [-0.2, 0) is 14.8 Å². The third kappa shape index (κ3) is 4.10. The van der Waals surface area contributed by atoms with E-state index in [1.165, 1.54) is 36.6 Å². The van der Waals surface area contributed by atoms with Gasteiger partial charge in [0.2, 0.25) is 15.9 Å². The van der Waals surface area contributed by atoms with Crippen molar-refractivity contribution in [3.63, 3.8) is 0 Å². The number of rotatable bonds is 5. The van der Waals surface area contributed by atoms with Gasteiger partial charge in [-0.2, -0.15) is 0 Å². The molecule has 1 N–H and O–H groups in total. The highest BCUT2D eigenvalue weighted by Crippen LogP contribution is 2.32. The van der Waals surface area contributed by atoms with Crippen molar-refractivity contribution < 1.29 is 18.0 Å². The molecular formula is C18H21ClN2O4S. The summed E-state index contributed by atoms with van der Waals surface area (Å²) in [5, 5.41) is 2.96. The summed E-state index contributed by atoms with van der Waals surface area (Å²) >= 11 is 6.08. The van der Waals surface area contributed by atoms with Crippen molar-refractivity contribution in [1.29, 1.82) is 0 Å². The summed E-state index contributed by atoms with van der Waals surface area (Å²) in [4.78, 5) is 24.3. The lowest BCUT2D eigenvalue weighted by Gasteiger charge is -2.17. The minimum absolute atomic E-state index is 0.0387. The van der Waals surface area contributed by atoms with E-state index in [1.54, 1.807) is 0 Å². The molecule has 0 bridgehead atoms. The second-order valence-corrected chi connectivity index (χ2v) is 8.85. The molecule has 2 amide bonds. The van der Waals surface area contributed by atoms with E-state index in [2.05, 4.69) is 11.4 Å². The van der Waals surface area contributed by atoms with E-state index in [1.807, 2.05) is 0 Å². The Bertz CT molecular complexity index is 864. The summed E-state index contributed by atoms with van der Waals surface area (Å²) < 4.78 is 24.9. The Morgan fingerprint density at radius 3 is 2.69 bits per heavy atom. The van der Waals surface area contributed by atoms with Crippen molar-refractivity contribution in [2.45, 2.75) is 38.5 Å². The summed E-state index contributed by atoms with van der Waals surface area (Å²) in [7, 11) is -3.73. The lowest BCUT2D eigenvalue weighted by molar-refractivity contribution is -0.116. The maximum atomic E-state index is 12.4. The number of carbonyl (C=O) groups is 2. The highest BCUT2D eigenvalue weighted by Gasteiger charge is 2.37.